The fraction of sp³-hybridized carbons (Fsp3) is 0.400. The summed E-state index contributed by atoms with van der Waals surface area (Å²) in [5.41, 5.74) is 6.52. The molecule has 0 fully saturated rings. The van der Waals surface area contributed by atoms with E-state index in [2.05, 4.69) is 5.32 Å². The van der Waals surface area contributed by atoms with Crippen LogP contribution < -0.4 is 11.1 Å². The molecule has 1 amide bonds. The van der Waals surface area contributed by atoms with Gasteiger partial charge in [0.1, 0.15) is 5.82 Å². The third-order valence-corrected chi connectivity index (χ3v) is 3.32. The lowest BCUT2D eigenvalue weighted by Crippen LogP contribution is -2.48. The van der Waals surface area contributed by atoms with Crippen LogP contribution in [0.5, 0.6) is 0 Å². The van der Waals surface area contributed by atoms with Gasteiger partial charge >= 0.3 is 0 Å². The van der Waals surface area contributed by atoms with Crippen molar-refractivity contribution < 1.29 is 9.18 Å². The van der Waals surface area contributed by atoms with Crippen LogP contribution in [-0.2, 0) is 4.79 Å². The lowest BCUT2D eigenvalue weighted by atomic mass is 9.94. The summed E-state index contributed by atoms with van der Waals surface area (Å²) in [5, 5.41) is 2.78. The van der Waals surface area contributed by atoms with E-state index in [4.69, 9.17) is 5.73 Å². The zero-order valence-electron chi connectivity index (χ0n) is 11.4. The number of carbonyl (C=O) groups excluding carboxylic acids is 1. The first-order valence-electron chi connectivity index (χ1n) is 6.49. The van der Waals surface area contributed by atoms with Gasteiger partial charge in [0.25, 0.3) is 0 Å². The zero-order chi connectivity index (χ0) is 14.3. The average Bonchev–Trinajstić information content (AvgIpc) is 2.44. The molecular weight excluding hydrogens is 243 g/mol. The molecule has 0 aromatic heterocycles. The molecule has 0 aliphatic rings. The summed E-state index contributed by atoms with van der Waals surface area (Å²) in [4.78, 5) is 11.6. The van der Waals surface area contributed by atoms with Crippen LogP contribution in [0, 0.1) is 5.82 Å². The molecular formula is C15H21FN2O. The maximum atomic E-state index is 12.7. The smallest absolute Gasteiger partial charge is 0.244 e. The van der Waals surface area contributed by atoms with Crippen LogP contribution in [-0.4, -0.2) is 18.0 Å². The fourth-order valence-corrected chi connectivity index (χ4v) is 1.57. The molecule has 0 aliphatic carbocycles. The van der Waals surface area contributed by atoms with Gasteiger partial charge in [0.2, 0.25) is 5.91 Å². The van der Waals surface area contributed by atoms with E-state index in [1.165, 1.54) is 18.2 Å². The highest BCUT2D eigenvalue weighted by Gasteiger charge is 2.20. The molecule has 0 aliphatic heterocycles. The Bertz CT molecular complexity index is 436. The summed E-state index contributed by atoms with van der Waals surface area (Å²) in [6.45, 7) is 4.46. The van der Waals surface area contributed by atoms with Crippen LogP contribution in [0.1, 0.15) is 32.3 Å². The molecule has 19 heavy (non-hydrogen) atoms. The topological polar surface area (TPSA) is 55.1 Å². The Labute approximate surface area is 113 Å². The highest BCUT2D eigenvalue weighted by atomic mass is 19.1. The summed E-state index contributed by atoms with van der Waals surface area (Å²) in [6.07, 6.45) is 4.70. The quantitative estimate of drug-likeness (QED) is 0.775. The van der Waals surface area contributed by atoms with E-state index < -0.39 is 0 Å². The summed E-state index contributed by atoms with van der Waals surface area (Å²) < 4.78 is 12.7. The number of benzene rings is 1. The van der Waals surface area contributed by atoms with Crippen molar-refractivity contribution in [2.75, 3.05) is 6.54 Å². The molecule has 0 spiro atoms. The van der Waals surface area contributed by atoms with Gasteiger partial charge in [0, 0.05) is 18.2 Å². The second kappa shape index (κ2) is 7.04. The Hall–Kier alpha value is -1.68. The maximum absolute atomic E-state index is 12.7. The highest BCUT2D eigenvalue weighted by Crippen LogP contribution is 2.09. The zero-order valence-corrected chi connectivity index (χ0v) is 11.4. The summed E-state index contributed by atoms with van der Waals surface area (Å²) in [6, 6.07) is 5.95. The van der Waals surface area contributed by atoms with Gasteiger partial charge in [0.05, 0.1) is 0 Å². The molecule has 0 unspecified atom stereocenters. The van der Waals surface area contributed by atoms with Crippen molar-refractivity contribution in [1.82, 2.24) is 5.32 Å². The van der Waals surface area contributed by atoms with E-state index in [1.807, 2.05) is 13.8 Å². The van der Waals surface area contributed by atoms with Crippen molar-refractivity contribution in [3.8, 4) is 0 Å². The number of halogens is 1. The van der Waals surface area contributed by atoms with Gasteiger partial charge in [-0.05, 0) is 36.6 Å². The molecule has 0 saturated heterocycles. The van der Waals surface area contributed by atoms with Crippen molar-refractivity contribution in [3.63, 3.8) is 0 Å². The number of hydrogen-bond acceptors (Lipinski definition) is 2. The summed E-state index contributed by atoms with van der Waals surface area (Å²) >= 11 is 0. The Morgan fingerprint density at radius 1 is 1.32 bits per heavy atom. The molecule has 4 heteroatoms. The molecule has 0 radical (unpaired) electrons. The fourth-order valence-electron chi connectivity index (χ4n) is 1.57. The second-order valence-corrected chi connectivity index (χ2v) is 4.67. The van der Waals surface area contributed by atoms with E-state index in [9.17, 15) is 9.18 Å². The van der Waals surface area contributed by atoms with Gasteiger partial charge in [-0.1, -0.05) is 26.0 Å². The lowest BCUT2D eigenvalue weighted by molar-refractivity contribution is -0.116. The molecule has 104 valence electrons. The molecule has 1 aromatic rings. The summed E-state index contributed by atoms with van der Waals surface area (Å²) in [7, 11) is 0. The number of nitrogens with one attached hydrogen (secondary N) is 1. The van der Waals surface area contributed by atoms with Gasteiger partial charge in [-0.15, -0.1) is 0 Å². The van der Waals surface area contributed by atoms with Crippen LogP contribution in [0.4, 0.5) is 4.39 Å². The Balaban J connectivity index is 2.49. The Morgan fingerprint density at radius 2 is 1.89 bits per heavy atom. The van der Waals surface area contributed by atoms with Crippen molar-refractivity contribution >= 4 is 12.0 Å². The molecule has 0 heterocycles. The minimum absolute atomic E-state index is 0.193. The van der Waals surface area contributed by atoms with E-state index in [-0.39, 0.29) is 17.3 Å². The Morgan fingerprint density at radius 3 is 2.42 bits per heavy atom. The normalized spacial score (nSPS) is 11.8. The first kappa shape index (κ1) is 15.4. The monoisotopic (exact) mass is 264 g/mol. The lowest BCUT2D eigenvalue weighted by Gasteiger charge is -2.26. The molecule has 0 atom stereocenters. The van der Waals surface area contributed by atoms with Gasteiger partial charge in [-0.3, -0.25) is 4.79 Å². The molecule has 3 nitrogen and oxygen atoms in total. The number of rotatable bonds is 6. The highest BCUT2D eigenvalue weighted by molar-refractivity contribution is 5.91. The standard InChI is InChI=1S/C15H21FN2O/c1-3-15(17,4-2)11-18-14(19)10-7-12-5-8-13(16)9-6-12/h5-10H,3-4,11,17H2,1-2H3,(H,18,19)/b10-7+. The first-order valence-corrected chi connectivity index (χ1v) is 6.49. The van der Waals surface area contributed by atoms with E-state index >= 15 is 0 Å². The number of carbonyl (C=O) groups is 1. The molecule has 0 saturated carbocycles. The third-order valence-electron chi connectivity index (χ3n) is 3.32. The van der Waals surface area contributed by atoms with Gasteiger partial charge in [-0.2, -0.15) is 0 Å². The van der Waals surface area contributed by atoms with E-state index in [0.29, 0.717) is 6.54 Å². The summed E-state index contributed by atoms with van der Waals surface area (Å²) in [5.74, 6) is -0.485. The molecule has 3 N–H and O–H groups in total. The predicted octanol–water partition coefficient (Wildman–Crippen LogP) is 2.47. The van der Waals surface area contributed by atoms with Crippen LogP contribution in [0.15, 0.2) is 30.3 Å². The van der Waals surface area contributed by atoms with E-state index in [1.54, 1.807) is 18.2 Å². The van der Waals surface area contributed by atoms with Crippen molar-refractivity contribution in [2.45, 2.75) is 32.2 Å². The van der Waals surface area contributed by atoms with Crippen LogP contribution >= 0.6 is 0 Å². The van der Waals surface area contributed by atoms with Crippen molar-refractivity contribution in [2.24, 2.45) is 5.73 Å². The van der Waals surface area contributed by atoms with Gasteiger partial charge < -0.3 is 11.1 Å². The van der Waals surface area contributed by atoms with Crippen LogP contribution in [0.2, 0.25) is 0 Å². The SMILES string of the molecule is CCC(N)(CC)CNC(=O)/C=C/c1ccc(F)cc1. The number of nitrogens with two attached hydrogens (primary N) is 1. The minimum Gasteiger partial charge on any atom is -0.351 e. The molecule has 1 aromatic carbocycles. The van der Waals surface area contributed by atoms with E-state index in [0.717, 1.165) is 18.4 Å². The molecule has 1 rings (SSSR count). The number of hydrogen-bond donors (Lipinski definition) is 2. The average molecular weight is 264 g/mol. The van der Waals surface area contributed by atoms with Gasteiger partial charge in [0.15, 0.2) is 0 Å². The van der Waals surface area contributed by atoms with Crippen LogP contribution in [0.3, 0.4) is 0 Å². The largest absolute Gasteiger partial charge is 0.351 e. The first-order chi connectivity index (χ1) is 8.99. The third kappa shape index (κ3) is 5.22. The van der Waals surface area contributed by atoms with Gasteiger partial charge in [-0.25, -0.2) is 4.39 Å². The maximum Gasteiger partial charge on any atom is 0.244 e. The predicted molar refractivity (Wildman–Crippen MR) is 75.9 cm³/mol. The Kier molecular flexibility index (Phi) is 5.70. The molecule has 0 bridgehead atoms. The van der Waals surface area contributed by atoms with Crippen molar-refractivity contribution in [1.29, 1.82) is 0 Å². The van der Waals surface area contributed by atoms with Crippen molar-refractivity contribution in [3.05, 3.63) is 41.7 Å². The number of amides is 1. The minimum atomic E-state index is -0.348. The van der Waals surface area contributed by atoms with Crippen LogP contribution in [0.25, 0.3) is 6.08 Å². The second-order valence-electron chi connectivity index (χ2n) is 4.67.